The average Bonchev–Trinajstić information content (AvgIpc) is 2.34. The number of anilines is 1. The summed E-state index contributed by atoms with van der Waals surface area (Å²) in [6.07, 6.45) is 0.247. The van der Waals surface area contributed by atoms with Crippen LogP contribution < -0.4 is 5.32 Å². The maximum Gasteiger partial charge on any atom is 0.416 e. The highest BCUT2D eigenvalue weighted by atomic mass is 19.4. The molecule has 0 fully saturated rings. The Labute approximate surface area is 104 Å². The first-order valence-electron chi connectivity index (χ1n) is 5.28. The molecule has 0 saturated carbocycles. The summed E-state index contributed by atoms with van der Waals surface area (Å²) in [5.74, 6) is 0. The van der Waals surface area contributed by atoms with E-state index in [-0.39, 0.29) is 0 Å². The number of hydrogen-bond acceptors (Lipinski definition) is 1. The number of hydrogen-bond donors (Lipinski definition) is 1. The van der Waals surface area contributed by atoms with Gasteiger partial charge < -0.3 is 5.32 Å². The number of alkyl halides is 3. The molecule has 0 aliphatic heterocycles. The van der Waals surface area contributed by atoms with Crippen LogP contribution in [0.2, 0.25) is 0 Å². The second kappa shape index (κ2) is 5.58. The van der Waals surface area contributed by atoms with Crippen LogP contribution in [-0.2, 0) is 6.18 Å². The van der Waals surface area contributed by atoms with Crippen molar-refractivity contribution in [2.24, 2.45) is 0 Å². The summed E-state index contributed by atoms with van der Waals surface area (Å²) in [6.45, 7) is 7.11. The Hall–Kier alpha value is -1.97. The van der Waals surface area contributed by atoms with Gasteiger partial charge in [-0.15, -0.1) is 0 Å². The van der Waals surface area contributed by atoms with Gasteiger partial charge in [0.15, 0.2) is 0 Å². The zero-order chi connectivity index (χ0) is 13.8. The molecule has 0 unspecified atom stereocenters. The predicted molar refractivity (Wildman–Crippen MR) is 69.4 cm³/mol. The van der Waals surface area contributed by atoms with Gasteiger partial charge in [0.25, 0.3) is 0 Å². The van der Waals surface area contributed by atoms with Crippen LogP contribution in [0.3, 0.4) is 0 Å². The summed E-state index contributed by atoms with van der Waals surface area (Å²) in [5, 5.41) is 2.71. The normalized spacial score (nSPS) is 12.1. The minimum atomic E-state index is -4.37. The standard InChI is InChI=1S/C14H14F3N/c1-4-6-10(5-2)11-7-12(14(15,16)17)9-13(8-11)18-3/h4-9,18H,1-2H2,3H3/b10-6+. The molecule has 0 aliphatic carbocycles. The molecule has 1 nitrogen and oxygen atoms in total. The summed E-state index contributed by atoms with van der Waals surface area (Å²) < 4.78 is 38.2. The Kier molecular flexibility index (Phi) is 4.37. The highest BCUT2D eigenvalue weighted by molar-refractivity contribution is 5.77. The van der Waals surface area contributed by atoms with Gasteiger partial charge in [-0.05, 0) is 29.3 Å². The van der Waals surface area contributed by atoms with Gasteiger partial charge in [-0.1, -0.05) is 31.4 Å². The van der Waals surface area contributed by atoms with Crippen molar-refractivity contribution in [2.45, 2.75) is 6.18 Å². The van der Waals surface area contributed by atoms with E-state index in [1.165, 1.54) is 12.2 Å². The van der Waals surface area contributed by atoms with Gasteiger partial charge in [0.1, 0.15) is 0 Å². The van der Waals surface area contributed by atoms with Crippen molar-refractivity contribution in [1.29, 1.82) is 0 Å². The fraction of sp³-hybridized carbons (Fsp3) is 0.143. The summed E-state index contributed by atoms with van der Waals surface area (Å²) in [6, 6.07) is 3.79. The van der Waals surface area contributed by atoms with Crippen LogP contribution in [0.15, 0.2) is 49.6 Å². The van der Waals surface area contributed by atoms with E-state index in [4.69, 9.17) is 0 Å². The fourth-order valence-corrected chi connectivity index (χ4v) is 1.51. The van der Waals surface area contributed by atoms with Crippen molar-refractivity contribution < 1.29 is 13.2 Å². The van der Waals surface area contributed by atoms with Crippen molar-refractivity contribution in [3.05, 3.63) is 60.7 Å². The number of allylic oxidation sites excluding steroid dienone is 4. The maximum absolute atomic E-state index is 12.7. The molecule has 1 aromatic rings. The highest BCUT2D eigenvalue weighted by Gasteiger charge is 2.31. The molecule has 18 heavy (non-hydrogen) atoms. The third-order valence-electron chi connectivity index (χ3n) is 2.40. The molecule has 1 rings (SSSR count). The average molecular weight is 253 g/mol. The van der Waals surface area contributed by atoms with Gasteiger partial charge in [-0.3, -0.25) is 0 Å². The lowest BCUT2D eigenvalue weighted by Crippen LogP contribution is -2.06. The highest BCUT2D eigenvalue weighted by Crippen LogP contribution is 2.33. The molecule has 0 heterocycles. The van der Waals surface area contributed by atoms with Crippen molar-refractivity contribution in [2.75, 3.05) is 12.4 Å². The number of rotatable bonds is 4. The Balaban J connectivity index is 3.41. The van der Waals surface area contributed by atoms with Crippen molar-refractivity contribution in [3.8, 4) is 0 Å². The van der Waals surface area contributed by atoms with Crippen LogP contribution in [0.4, 0.5) is 18.9 Å². The molecule has 0 bridgehead atoms. The minimum absolute atomic E-state index is 0.400. The Bertz CT molecular complexity index is 484. The predicted octanol–water partition coefficient (Wildman–Crippen LogP) is 4.50. The molecule has 0 aliphatic rings. The van der Waals surface area contributed by atoms with Gasteiger partial charge in [0, 0.05) is 12.7 Å². The molecular formula is C14H14F3N. The third-order valence-corrected chi connectivity index (χ3v) is 2.40. The molecule has 4 heteroatoms. The van der Waals surface area contributed by atoms with E-state index < -0.39 is 11.7 Å². The molecule has 0 spiro atoms. The summed E-state index contributed by atoms with van der Waals surface area (Å²) >= 11 is 0. The van der Waals surface area contributed by atoms with Gasteiger partial charge in [0.05, 0.1) is 5.56 Å². The smallest absolute Gasteiger partial charge is 0.388 e. The van der Waals surface area contributed by atoms with Crippen LogP contribution in [0.5, 0.6) is 0 Å². The Morgan fingerprint density at radius 2 is 1.89 bits per heavy atom. The first-order valence-corrected chi connectivity index (χ1v) is 5.28. The Morgan fingerprint density at radius 1 is 1.22 bits per heavy atom. The molecule has 0 saturated heterocycles. The van der Waals surface area contributed by atoms with Crippen LogP contribution in [-0.4, -0.2) is 7.05 Å². The number of nitrogens with one attached hydrogen (secondary N) is 1. The zero-order valence-corrected chi connectivity index (χ0v) is 10.0. The van der Waals surface area contributed by atoms with Crippen LogP contribution in [0.25, 0.3) is 5.57 Å². The lowest BCUT2D eigenvalue weighted by molar-refractivity contribution is -0.137. The van der Waals surface area contributed by atoms with Crippen LogP contribution >= 0.6 is 0 Å². The number of benzene rings is 1. The Morgan fingerprint density at radius 3 is 2.33 bits per heavy atom. The summed E-state index contributed by atoms with van der Waals surface area (Å²) in [7, 11) is 1.57. The topological polar surface area (TPSA) is 12.0 Å². The second-order valence-corrected chi connectivity index (χ2v) is 3.61. The summed E-state index contributed by atoms with van der Waals surface area (Å²) in [4.78, 5) is 0. The lowest BCUT2D eigenvalue weighted by atomic mass is 10.0. The molecule has 1 aromatic carbocycles. The van der Waals surface area contributed by atoms with Gasteiger partial charge in [-0.25, -0.2) is 0 Å². The van der Waals surface area contributed by atoms with Crippen LogP contribution in [0, 0.1) is 0 Å². The van der Waals surface area contributed by atoms with Gasteiger partial charge in [-0.2, -0.15) is 13.2 Å². The summed E-state index contributed by atoms with van der Waals surface area (Å²) in [5.41, 5.74) is 0.745. The van der Waals surface area contributed by atoms with Crippen LogP contribution in [0.1, 0.15) is 11.1 Å². The van der Waals surface area contributed by atoms with Gasteiger partial charge in [0.2, 0.25) is 0 Å². The molecule has 0 radical (unpaired) electrons. The first kappa shape index (κ1) is 14.1. The monoisotopic (exact) mass is 253 g/mol. The van der Waals surface area contributed by atoms with Crippen molar-refractivity contribution in [3.63, 3.8) is 0 Å². The van der Waals surface area contributed by atoms with Crippen molar-refractivity contribution in [1.82, 2.24) is 0 Å². The quantitative estimate of drug-likeness (QED) is 0.779. The third kappa shape index (κ3) is 3.26. The molecular weight excluding hydrogens is 239 g/mol. The SMILES string of the molecule is C=C/C=C(\C=C)c1cc(NC)cc(C(F)(F)F)c1. The molecule has 0 aromatic heterocycles. The van der Waals surface area contributed by atoms with E-state index in [1.807, 2.05) is 0 Å². The fourth-order valence-electron chi connectivity index (χ4n) is 1.51. The van der Waals surface area contributed by atoms with E-state index in [0.29, 0.717) is 16.8 Å². The van der Waals surface area contributed by atoms with E-state index in [0.717, 1.165) is 12.1 Å². The molecule has 1 N–H and O–H groups in total. The largest absolute Gasteiger partial charge is 0.416 e. The first-order chi connectivity index (χ1) is 8.42. The van der Waals surface area contributed by atoms with E-state index in [1.54, 1.807) is 19.2 Å². The minimum Gasteiger partial charge on any atom is -0.388 e. The lowest BCUT2D eigenvalue weighted by Gasteiger charge is -2.12. The van der Waals surface area contributed by atoms with Crippen molar-refractivity contribution >= 4 is 11.3 Å². The zero-order valence-electron chi connectivity index (χ0n) is 10.0. The molecule has 96 valence electrons. The second-order valence-electron chi connectivity index (χ2n) is 3.61. The molecule has 0 amide bonds. The van der Waals surface area contributed by atoms with E-state index >= 15 is 0 Å². The van der Waals surface area contributed by atoms with Gasteiger partial charge >= 0.3 is 6.18 Å². The molecule has 0 atom stereocenters. The van der Waals surface area contributed by atoms with E-state index in [9.17, 15) is 13.2 Å². The van der Waals surface area contributed by atoms with E-state index in [2.05, 4.69) is 18.5 Å². The maximum atomic E-state index is 12.7. The number of halogens is 3.